The minimum Gasteiger partial charge on any atom is -0.371 e. The molecule has 2 unspecified atom stereocenters. The number of nitrogens with zero attached hydrogens (tertiary/aromatic N) is 4. The number of halogens is 3. The number of urea groups is 1. The molecule has 6 rings (SSSR count). The summed E-state index contributed by atoms with van der Waals surface area (Å²) in [6.45, 7) is 4.14. The first-order chi connectivity index (χ1) is 17.7. The van der Waals surface area contributed by atoms with Crippen LogP contribution in [0.1, 0.15) is 31.2 Å². The Kier molecular flexibility index (Phi) is 6.01. The van der Waals surface area contributed by atoms with E-state index in [0.29, 0.717) is 18.7 Å². The summed E-state index contributed by atoms with van der Waals surface area (Å²) in [5.41, 5.74) is 5.60. The second-order valence-electron chi connectivity index (χ2n) is 10.5. The lowest BCUT2D eigenvalue weighted by molar-refractivity contribution is -0.143. The molecule has 3 saturated heterocycles. The van der Waals surface area contributed by atoms with Crippen LogP contribution < -0.4 is 10.2 Å². The van der Waals surface area contributed by atoms with E-state index in [2.05, 4.69) is 21.3 Å². The quantitative estimate of drug-likeness (QED) is 0.502. The van der Waals surface area contributed by atoms with Gasteiger partial charge in [0.1, 0.15) is 0 Å². The molecule has 196 valence electrons. The number of alkyl halides is 3. The first kappa shape index (κ1) is 24.1. The molecule has 3 aromatic rings. The van der Waals surface area contributed by atoms with Gasteiger partial charge in [0, 0.05) is 62.4 Å². The first-order valence-electron chi connectivity index (χ1n) is 12.8. The van der Waals surface area contributed by atoms with E-state index in [0.717, 1.165) is 54.0 Å². The smallest absolute Gasteiger partial charge is 0.371 e. The van der Waals surface area contributed by atoms with Gasteiger partial charge in [0.25, 0.3) is 0 Å². The fourth-order valence-corrected chi connectivity index (χ4v) is 5.93. The summed E-state index contributed by atoms with van der Waals surface area (Å²) in [6, 6.07) is 7.50. The fraction of sp³-hybridized carbons (Fsp3) is 0.481. The van der Waals surface area contributed by atoms with Crippen LogP contribution in [0.25, 0.3) is 16.8 Å². The molecule has 37 heavy (non-hydrogen) atoms. The molecule has 0 saturated carbocycles. The Bertz CT molecular complexity index is 1310. The maximum Gasteiger partial charge on any atom is 0.389 e. The molecule has 0 radical (unpaired) electrons. The number of rotatable bonds is 4. The molecule has 7 nitrogen and oxygen atoms in total. The second kappa shape index (κ2) is 9.24. The zero-order valence-corrected chi connectivity index (χ0v) is 20.7. The number of fused-ring (bicyclic) bond motifs is 3. The molecular formula is C27H30F3N5O2. The van der Waals surface area contributed by atoms with Crippen LogP contribution in [0.15, 0.2) is 42.9 Å². The number of hydrogen-bond donors (Lipinski definition) is 1. The van der Waals surface area contributed by atoms with Crippen LogP contribution in [-0.4, -0.2) is 64.9 Å². The zero-order chi connectivity index (χ0) is 25.7. The monoisotopic (exact) mass is 513 g/mol. The standard InChI is InChI=1S/C27H30F3N5O2/c1-17-2-3-20(32-26(36)34-8-6-18(13-34)12-27(28,29)30)11-23(17)19-10-24(25-31-7-9-33(25)14-19)35-15-21-4-5-22(16-35)37-21/h2-3,7,9-11,14,18,21-22H,4-6,8,12-13,15-16H2,1H3,(H,32,36)/t18-,21?,22?/m0/s1. The maximum absolute atomic E-state index is 12.8. The van der Waals surface area contributed by atoms with Gasteiger partial charge in [-0.2, -0.15) is 13.2 Å². The van der Waals surface area contributed by atoms with Crippen molar-refractivity contribution in [1.29, 1.82) is 0 Å². The molecule has 1 aromatic carbocycles. The van der Waals surface area contributed by atoms with Gasteiger partial charge in [0.05, 0.1) is 17.9 Å². The minimum absolute atomic E-state index is 0.117. The molecule has 0 spiro atoms. The largest absolute Gasteiger partial charge is 0.389 e. The van der Waals surface area contributed by atoms with E-state index in [1.807, 2.05) is 41.9 Å². The van der Waals surface area contributed by atoms with Gasteiger partial charge in [0.2, 0.25) is 0 Å². The number of morpholine rings is 1. The number of aromatic nitrogens is 2. The van der Waals surface area contributed by atoms with E-state index >= 15 is 0 Å². The molecule has 2 amide bonds. The highest BCUT2D eigenvalue weighted by molar-refractivity contribution is 5.91. The molecule has 2 aromatic heterocycles. The van der Waals surface area contributed by atoms with Gasteiger partial charge in [-0.05, 0) is 61.4 Å². The number of imidazole rings is 1. The maximum atomic E-state index is 12.8. The average molecular weight is 514 g/mol. The molecule has 3 fully saturated rings. The molecule has 0 aliphatic carbocycles. The molecule has 10 heteroatoms. The molecule has 3 aliphatic rings. The van der Waals surface area contributed by atoms with Gasteiger partial charge in [-0.15, -0.1) is 0 Å². The van der Waals surface area contributed by atoms with Gasteiger partial charge in [-0.1, -0.05) is 6.07 Å². The summed E-state index contributed by atoms with van der Waals surface area (Å²) in [5.74, 6) is -0.546. The van der Waals surface area contributed by atoms with Gasteiger partial charge in [-0.25, -0.2) is 9.78 Å². The Hall–Kier alpha value is -3.27. The van der Waals surface area contributed by atoms with Gasteiger partial charge < -0.3 is 24.3 Å². The molecule has 3 atom stereocenters. The molecule has 3 aliphatic heterocycles. The Labute approximate surface area is 213 Å². The lowest BCUT2D eigenvalue weighted by Crippen LogP contribution is -2.42. The van der Waals surface area contributed by atoms with E-state index in [1.165, 1.54) is 4.90 Å². The van der Waals surface area contributed by atoms with E-state index < -0.39 is 18.5 Å². The number of hydrogen-bond acceptors (Lipinski definition) is 4. The number of likely N-dealkylation sites (tertiary alicyclic amines) is 1. The number of nitrogens with one attached hydrogen (secondary N) is 1. The van der Waals surface area contributed by atoms with Crippen molar-refractivity contribution in [3.05, 3.63) is 48.4 Å². The summed E-state index contributed by atoms with van der Waals surface area (Å²) in [5, 5.41) is 2.89. The number of pyridine rings is 1. The number of anilines is 2. The SMILES string of the molecule is Cc1ccc(NC(=O)N2CC[C@@H](CC(F)(F)F)C2)cc1-c1cc(N2CC3CCC(C2)O3)c2nccn2c1. The Morgan fingerprint density at radius 2 is 1.92 bits per heavy atom. The van der Waals surface area contributed by atoms with Crippen LogP contribution >= 0.6 is 0 Å². The van der Waals surface area contributed by atoms with Crippen LogP contribution in [0, 0.1) is 12.8 Å². The zero-order valence-electron chi connectivity index (χ0n) is 20.7. The van der Waals surface area contributed by atoms with Gasteiger partial charge in [-0.3, -0.25) is 0 Å². The van der Waals surface area contributed by atoms with Crippen molar-refractivity contribution in [1.82, 2.24) is 14.3 Å². The number of benzene rings is 1. The Balaban J connectivity index is 1.24. The highest BCUT2D eigenvalue weighted by Gasteiger charge is 2.37. The van der Waals surface area contributed by atoms with Crippen LogP contribution in [0.4, 0.5) is 29.3 Å². The Morgan fingerprint density at radius 1 is 1.14 bits per heavy atom. The van der Waals surface area contributed by atoms with Crippen molar-refractivity contribution < 1.29 is 22.7 Å². The van der Waals surface area contributed by atoms with E-state index in [1.54, 1.807) is 6.20 Å². The van der Waals surface area contributed by atoms with E-state index in [-0.39, 0.29) is 24.8 Å². The highest BCUT2D eigenvalue weighted by Crippen LogP contribution is 2.36. The number of carbonyl (C=O) groups is 1. The predicted octanol–water partition coefficient (Wildman–Crippen LogP) is 5.48. The first-order valence-corrected chi connectivity index (χ1v) is 12.8. The van der Waals surface area contributed by atoms with Crippen molar-refractivity contribution in [2.75, 3.05) is 36.4 Å². The summed E-state index contributed by atoms with van der Waals surface area (Å²) >= 11 is 0. The average Bonchev–Trinajstić information content (AvgIpc) is 3.58. The summed E-state index contributed by atoms with van der Waals surface area (Å²) in [6.07, 6.45) is 3.74. The molecular weight excluding hydrogens is 483 g/mol. The van der Waals surface area contributed by atoms with Crippen molar-refractivity contribution in [3.63, 3.8) is 0 Å². The van der Waals surface area contributed by atoms with E-state index in [9.17, 15) is 18.0 Å². The van der Waals surface area contributed by atoms with Crippen molar-refractivity contribution in [2.24, 2.45) is 5.92 Å². The topological polar surface area (TPSA) is 62.1 Å². The third-order valence-electron chi connectivity index (χ3n) is 7.75. The number of aryl methyl sites for hydroxylation is 1. The Morgan fingerprint density at radius 3 is 2.68 bits per heavy atom. The predicted molar refractivity (Wildman–Crippen MR) is 135 cm³/mol. The van der Waals surface area contributed by atoms with Crippen LogP contribution in [-0.2, 0) is 4.74 Å². The summed E-state index contributed by atoms with van der Waals surface area (Å²) in [4.78, 5) is 21.3. The third kappa shape index (κ3) is 4.99. The highest BCUT2D eigenvalue weighted by atomic mass is 19.4. The number of carbonyl (C=O) groups excluding carboxylic acids is 1. The van der Waals surface area contributed by atoms with Gasteiger partial charge in [0.15, 0.2) is 5.65 Å². The lowest BCUT2D eigenvalue weighted by Gasteiger charge is -2.34. The van der Waals surface area contributed by atoms with E-state index in [4.69, 9.17) is 4.74 Å². The number of amides is 2. The number of ether oxygens (including phenoxy) is 1. The molecule has 2 bridgehead atoms. The van der Waals surface area contributed by atoms with Crippen molar-refractivity contribution in [3.8, 4) is 11.1 Å². The fourth-order valence-electron chi connectivity index (χ4n) is 5.93. The van der Waals surface area contributed by atoms with Crippen LogP contribution in [0.3, 0.4) is 0 Å². The summed E-state index contributed by atoms with van der Waals surface area (Å²) in [7, 11) is 0. The minimum atomic E-state index is -4.21. The third-order valence-corrected chi connectivity index (χ3v) is 7.75. The van der Waals surface area contributed by atoms with Crippen LogP contribution in [0.5, 0.6) is 0 Å². The van der Waals surface area contributed by atoms with Crippen molar-refractivity contribution >= 4 is 23.1 Å². The summed E-state index contributed by atoms with van der Waals surface area (Å²) < 4.78 is 46.3. The molecule has 1 N–H and O–H groups in total. The van der Waals surface area contributed by atoms with Gasteiger partial charge >= 0.3 is 12.2 Å². The van der Waals surface area contributed by atoms with Crippen molar-refractivity contribution in [2.45, 2.75) is 51.0 Å². The van der Waals surface area contributed by atoms with Crippen LogP contribution in [0.2, 0.25) is 0 Å². The lowest BCUT2D eigenvalue weighted by atomic mass is 10.0. The second-order valence-corrected chi connectivity index (χ2v) is 10.5. The molecule has 5 heterocycles. The normalized spacial score (nSPS) is 23.7.